The van der Waals surface area contributed by atoms with Crippen molar-refractivity contribution < 1.29 is 39.6 Å². The zero-order valence-corrected chi connectivity index (χ0v) is 20.3. The lowest BCUT2D eigenvalue weighted by Crippen LogP contribution is -2.65. The van der Waals surface area contributed by atoms with Gasteiger partial charge in [0.15, 0.2) is 0 Å². The molecule has 0 bridgehead atoms. The first kappa shape index (κ1) is 28.9. The van der Waals surface area contributed by atoms with Crippen LogP contribution in [0, 0.1) is 28.6 Å². The quantitative estimate of drug-likeness (QED) is 0.222. The van der Waals surface area contributed by atoms with Crippen LogP contribution in [0.3, 0.4) is 0 Å². The van der Waals surface area contributed by atoms with Gasteiger partial charge < -0.3 is 20.4 Å². The van der Waals surface area contributed by atoms with Gasteiger partial charge in [0.05, 0.1) is 22.7 Å². The first-order valence-electron chi connectivity index (χ1n) is 12.5. The lowest BCUT2D eigenvalue weighted by atomic mass is 9.43. The average molecular weight is 471 g/mol. The Morgan fingerprint density at radius 3 is 1.64 bits per heavy atom. The smallest absolute Gasteiger partial charge is 0.311 e. The second kappa shape index (κ2) is 12.9. The van der Waals surface area contributed by atoms with Crippen molar-refractivity contribution in [2.45, 2.75) is 104 Å². The van der Waals surface area contributed by atoms with Gasteiger partial charge in [0.1, 0.15) is 0 Å². The van der Waals surface area contributed by atoms with Crippen molar-refractivity contribution in [1.82, 2.24) is 0 Å². The summed E-state index contributed by atoms with van der Waals surface area (Å²) in [5.41, 5.74) is -3.65. The van der Waals surface area contributed by atoms with Crippen LogP contribution in [-0.4, -0.2) is 44.3 Å². The number of carboxylic acids is 4. The molecule has 0 radical (unpaired) electrons. The fourth-order valence-corrected chi connectivity index (χ4v) is 6.19. The first-order chi connectivity index (χ1) is 15.6. The van der Waals surface area contributed by atoms with Crippen molar-refractivity contribution in [3.63, 3.8) is 0 Å². The molecule has 1 fully saturated rings. The lowest BCUT2D eigenvalue weighted by Gasteiger charge is -2.57. The van der Waals surface area contributed by atoms with Crippen LogP contribution in [0.15, 0.2) is 0 Å². The predicted octanol–water partition coefficient (Wildman–Crippen LogP) is 5.29. The minimum absolute atomic E-state index is 0.0367. The molecule has 1 rings (SSSR count). The molecule has 1 aliphatic carbocycles. The highest BCUT2D eigenvalue weighted by Crippen LogP contribution is 2.64. The maximum Gasteiger partial charge on any atom is 0.311 e. The molecule has 5 atom stereocenters. The van der Waals surface area contributed by atoms with Gasteiger partial charge in [-0.25, -0.2) is 0 Å². The molecule has 33 heavy (non-hydrogen) atoms. The molecule has 0 saturated heterocycles. The zero-order valence-electron chi connectivity index (χ0n) is 20.3. The molecule has 0 spiro atoms. The van der Waals surface area contributed by atoms with E-state index in [0.717, 1.165) is 25.7 Å². The van der Waals surface area contributed by atoms with Gasteiger partial charge in [0, 0.05) is 0 Å². The van der Waals surface area contributed by atoms with E-state index in [4.69, 9.17) is 0 Å². The Morgan fingerprint density at radius 2 is 1.21 bits per heavy atom. The molecule has 1 saturated carbocycles. The monoisotopic (exact) mass is 470 g/mol. The molecule has 0 heterocycles. The topological polar surface area (TPSA) is 149 Å². The number of hydrogen-bond donors (Lipinski definition) is 4. The lowest BCUT2D eigenvalue weighted by molar-refractivity contribution is -0.208. The number of aliphatic carboxylic acids is 4. The number of unbranched alkanes of at least 4 members (excludes halogenated alkanes) is 6. The highest BCUT2D eigenvalue weighted by atomic mass is 16.4. The normalized spacial score (nSPS) is 29.5. The van der Waals surface area contributed by atoms with E-state index < -0.39 is 58.9 Å². The number of rotatable bonds is 16. The zero-order chi connectivity index (χ0) is 25.2. The number of hydrogen-bond acceptors (Lipinski definition) is 4. The first-order valence-corrected chi connectivity index (χ1v) is 12.5. The summed E-state index contributed by atoms with van der Waals surface area (Å²) in [5, 5.41) is 41.3. The summed E-state index contributed by atoms with van der Waals surface area (Å²) in [7, 11) is 0. The van der Waals surface area contributed by atoms with E-state index in [1.165, 1.54) is 0 Å². The van der Waals surface area contributed by atoms with Crippen molar-refractivity contribution in [2.75, 3.05) is 0 Å². The fraction of sp³-hybridized carbons (Fsp3) is 0.840. The molecule has 0 amide bonds. The molecule has 0 aliphatic heterocycles. The maximum absolute atomic E-state index is 13.1. The Hall–Kier alpha value is -2.12. The summed E-state index contributed by atoms with van der Waals surface area (Å²) in [4.78, 5) is 50.7. The number of carbonyl (C=O) groups is 4. The van der Waals surface area contributed by atoms with Gasteiger partial charge in [0.25, 0.3) is 0 Å². The Kier molecular flexibility index (Phi) is 11.3. The van der Waals surface area contributed by atoms with Crippen LogP contribution in [-0.2, 0) is 19.2 Å². The highest BCUT2D eigenvalue weighted by molar-refractivity contribution is 5.91. The molecular weight excluding hydrogens is 428 g/mol. The molecule has 5 unspecified atom stereocenters. The summed E-state index contributed by atoms with van der Waals surface area (Å²) in [6.45, 7) is 5.88. The Morgan fingerprint density at radius 1 is 0.697 bits per heavy atom. The van der Waals surface area contributed by atoms with Crippen LogP contribution in [0.1, 0.15) is 104 Å². The van der Waals surface area contributed by atoms with Gasteiger partial charge in [0.2, 0.25) is 0 Å². The van der Waals surface area contributed by atoms with Crippen molar-refractivity contribution in [3.05, 3.63) is 0 Å². The summed E-state index contributed by atoms with van der Waals surface area (Å²) in [6.07, 6.45) is 5.79. The standard InChI is InChI=1S/C25H42O8/c1-4-7-10-13-18-19(21(28)29)17(20(26)27)16-24(22(30)31,14-11-8-5-2)25(18,23(32)33)15-12-9-6-3/h17-19H,4-16H2,1-3H3,(H,26,27)(H,28,29)(H,30,31)(H,32,33). The van der Waals surface area contributed by atoms with E-state index in [1.54, 1.807) is 0 Å². The molecule has 190 valence electrons. The molecule has 1 aliphatic rings. The Balaban J connectivity index is 3.87. The largest absolute Gasteiger partial charge is 0.481 e. The van der Waals surface area contributed by atoms with Gasteiger partial charge in [-0.15, -0.1) is 0 Å². The van der Waals surface area contributed by atoms with Crippen LogP contribution in [0.2, 0.25) is 0 Å². The van der Waals surface area contributed by atoms with Crippen LogP contribution < -0.4 is 0 Å². The van der Waals surface area contributed by atoms with E-state index in [2.05, 4.69) is 0 Å². The molecule has 0 aromatic carbocycles. The molecular formula is C25H42O8. The minimum atomic E-state index is -1.83. The second-order valence-electron chi connectivity index (χ2n) is 9.69. The van der Waals surface area contributed by atoms with Crippen molar-refractivity contribution in [1.29, 1.82) is 0 Å². The highest BCUT2D eigenvalue weighted by Gasteiger charge is 2.71. The second-order valence-corrected chi connectivity index (χ2v) is 9.69. The minimum Gasteiger partial charge on any atom is -0.481 e. The molecule has 4 N–H and O–H groups in total. The van der Waals surface area contributed by atoms with Crippen LogP contribution >= 0.6 is 0 Å². The molecule has 0 aromatic rings. The average Bonchev–Trinajstić information content (AvgIpc) is 2.74. The SMILES string of the molecule is CCCCCC1C(C(=O)O)C(C(=O)O)CC(CCCCC)(C(=O)O)C1(CCCCC)C(=O)O. The third-order valence-electron chi connectivity index (χ3n) is 7.82. The van der Waals surface area contributed by atoms with Crippen molar-refractivity contribution in [2.24, 2.45) is 28.6 Å². The van der Waals surface area contributed by atoms with Crippen LogP contribution in [0.4, 0.5) is 0 Å². The van der Waals surface area contributed by atoms with E-state index in [9.17, 15) is 39.6 Å². The number of carboxylic acid groups (broad SMARTS) is 4. The maximum atomic E-state index is 13.1. The third kappa shape index (κ3) is 5.87. The third-order valence-corrected chi connectivity index (χ3v) is 7.82. The van der Waals surface area contributed by atoms with E-state index in [1.807, 2.05) is 20.8 Å². The van der Waals surface area contributed by atoms with Crippen molar-refractivity contribution >= 4 is 23.9 Å². The summed E-state index contributed by atoms with van der Waals surface area (Å²) in [5.74, 6) is -9.26. The Labute approximate surface area is 196 Å². The predicted molar refractivity (Wildman–Crippen MR) is 123 cm³/mol. The van der Waals surface area contributed by atoms with Crippen LogP contribution in [0.25, 0.3) is 0 Å². The van der Waals surface area contributed by atoms with Gasteiger partial charge in [-0.3, -0.25) is 19.2 Å². The molecule has 0 aromatic heterocycles. The molecule has 8 heteroatoms. The van der Waals surface area contributed by atoms with E-state index in [0.29, 0.717) is 32.1 Å². The van der Waals surface area contributed by atoms with Gasteiger partial charge in [-0.1, -0.05) is 78.6 Å². The fourth-order valence-electron chi connectivity index (χ4n) is 6.19. The van der Waals surface area contributed by atoms with Crippen molar-refractivity contribution in [3.8, 4) is 0 Å². The van der Waals surface area contributed by atoms with Gasteiger partial charge in [-0.05, 0) is 31.6 Å². The van der Waals surface area contributed by atoms with Gasteiger partial charge in [-0.2, -0.15) is 0 Å². The van der Waals surface area contributed by atoms with E-state index >= 15 is 0 Å². The summed E-state index contributed by atoms with van der Waals surface area (Å²) < 4.78 is 0. The Bertz CT molecular complexity index is 690. The summed E-state index contributed by atoms with van der Waals surface area (Å²) in [6, 6.07) is 0. The molecule has 8 nitrogen and oxygen atoms in total. The van der Waals surface area contributed by atoms with Gasteiger partial charge >= 0.3 is 23.9 Å². The summed E-state index contributed by atoms with van der Waals surface area (Å²) >= 11 is 0. The van der Waals surface area contributed by atoms with Crippen LogP contribution in [0.5, 0.6) is 0 Å². The van der Waals surface area contributed by atoms with E-state index in [-0.39, 0.29) is 19.3 Å².